The van der Waals surface area contributed by atoms with Gasteiger partial charge in [-0.05, 0) is 19.8 Å². The Kier molecular flexibility index (Phi) is 6.74. The van der Waals surface area contributed by atoms with E-state index >= 15 is 0 Å². The van der Waals surface area contributed by atoms with Crippen LogP contribution in [0.3, 0.4) is 0 Å². The van der Waals surface area contributed by atoms with Gasteiger partial charge in [0.05, 0.1) is 6.10 Å². The lowest BCUT2D eigenvalue weighted by Crippen LogP contribution is -2.32. The van der Waals surface area contributed by atoms with Gasteiger partial charge in [-0.2, -0.15) is 0 Å². The second kappa shape index (κ2) is 8.06. The number of nitrogens with zero attached hydrogens (tertiary/aromatic N) is 1. The van der Waals surface area contributed by atoms with Crippen LogP contribution in [-0.2, 0) is 23.4 Å². The predicted octanol–water partition coefficient (Wildman–Crippen LogP) is 0.266. The zero-order chi connectivity index (χ0) is 15.1. The van der Waals surface area contributed by atoms with Crippen LogP contribution in [0.15, 0.2) is 11.8 Å². The predicted molar refractivity (Wildman–Crippen MR) is 69.4 cm³/mol. The third-order valence-electron chi connectivity index (χ3n) is 2.84. The van der Waals surface area contributed by atoms with Crippen molar-refractivity contribution in [3.05, 3.63) is 11.8 Å². The summed E-state index contributed by atoms with van der Waals surface area (Å²) in [6, 6.07) is 0. The monoisotopic (exact) mass is 305 g/mol. The Labute approximate surface area is 117 Å². The molecule has 1 heterocycles. The maximum atomic E-state index is 11.4. The quantitative estimate of drug-likeness (QED) is 0.397. The van der Waals surface area contributed by atoms with E-state index in [1.165, 1.54) is 18.1 Å². The highest BCUT2D eigenvalue weighted by molar-refractivity contribution is 7.32. The standard InChI is InChI=1S/C11H17N2O6P/c1-8(11(15)12-2)5-13(7-14)10-4-3-9(19-10)6-18-20(16)17/h5,7,9-10H,3-4,6H2,1-2H3,(H-,12,15,16,17)/p+1/b8-5-. The van der Waals surface area contributed by atoms with E-state index in [1.54, 1.807) is 6.92 Å². The van der Waals surface area contributed by atoms with Crippen LogP contribution < -0.4 is 5.32 Å². The van der Waals surface area contributed by atoms with E-state index in [1.807, 2.05) is 0 Å². The number of carbonyl (C=O) groups excluding carboxylic acids is 2. The van der Waals surface area contributed by atoms with Gasteiger partial charge in [0.25, 0.3) is 0 Å². The summed E-state index contributed by atoms with van der Waals surface area (Å²) >= 11 is 0. The first-order valence-corrected chi connectivity index (χ1v) is 7.18. The van der Waals surface area contributed by atoms with Gasteiger partial charge in [-0.1, -0.05) is 0 Å². The molecule has 20 heavy (non-hydrogen) atoms. The van der Waals surface area contributed by atoms with Crippen molar-refractivity contribution in [1.82, 2.24) is 10.2 Å². The number of likely N-dealkylation sites (N-methyl/N-ethyl adjacent to an activating group) is 1. The minimum absolute atomic E-state index is 0.00690. The summed E-state index contributed by atoms with van der Waals surface area (Å²) in [6.45, 7) is 1.58. The second-order valence-electron chi connectivity index (χ2n) is 4.27. The van der Waals surface area contributed by atoms with Gasteiger partial charge >= 0.3 is 8.25 Å². The summed E-state index contributed by atoms with van der Waals surface area (Å²) in [5, 5.41) is 2.46. The minimum Gasteiger partial charge on any atom is -0.355 e. The van der Waals surface area contributed by atoms with Crippen LogP contribution in [0.2, 0.25) is 0 Å². The Balaban J connectivity index is 2.58. The Hall–Kier alpha value is -1.34. The first-order valence-electron chi connectivity index (χ1n) is 6.05. The van der Waals surface area contributed by atoms with Gasteiger partial charge in [0, 0.05) is 23.4 Å². The molecule has 8 nitrogen and oxygen atoms in total. The fourth-order valence-corrected chi connectivity index (χ4v) is 2.13. The summed E-state index contributed by atoms with van der Waals surface area (Å²) in [5.74, 6) is -0.285. The van der Waals surface area contributed by atoms with Crippen LogP contribution >= 0.6 is 8.25 Å². The number of nitrogens with one attached hydrogen (secondary N) is 1. The van der Waals surface area contributed by atoms with E-state index in [0.29, 0.717) is 24.8 Å². The third kappa shape index (κ3) is 4.97. The summed E-state index contributed by atoms with van der Waals surface area (Å²) in [4.78, 5) is 32.3. The summed E-state index contributed by atoms with van der Waals surface area (Å²) in [7, 11) is -1.15. The van der Waals surface area contributed by atoms with Gasteiger partial charge < -0.3 is 10.1 Å². The molecule has 9 heteroatoms. The van der Waals surface area contributed by atoms with Gasteiger partial charge in [-0.3, -0.25) is 14.5 Å². The van der Waals surface area contributed by atoms with Crippen LogP contribution in [0.25, 0.3) is 0 Å². The molecule has 1 saturated heterocycles. The molecule has 112 valence electrons. The Bertz CT molecular complexity index is 414. The molecule has 0 aromatic rings. The molecular formula is C11H18N2O6P+. The van der Waals surface area contributed by atoms with E-state index in [9.17, 15) is 14.2 Å². The summed E-state index contributed by atoms with van der Waals surface area (Å²) < 4.78 is 20.5. The van der Waals surface area contributed by atoms with Gasteiger partial charge in [-0.25, -0.2) is 0 Å². The number of carbonyl (C=O) groups is 2. The van der Waals surface area contributed by atoms with Crippen LogP contribution in [-0.4, -0.2) is 48.1 Å². The number of hydrogen-bond donors (Lipinski definition) is 2. The maximum Gasteiger partial charge on any atom is 0.694 e. The highest BCUT2D eigenvalue weighted by atomic mass is 31.1. The third-order valence-corrected chi connectivity index (χ3v) is 3.21. The normalized spacial score (nSPS) is 23.4. The molecule has 1 aliphatic heterocycles. The van der Waals surface area contributed by atoms with Crippen molar-refractivity contribution in [2.24, 2.45) is 0 Å². The number of amides is 2. The number of hydrogen-bond acceptors (Lipinski definition) is 5. The van der Waals surface area contributed by atoms with Crippen LogP contribution in [0.5, 0.6) is 0 Å². The molecule has 0 spiro atoms. The van der Waals surface area contributed by atoms with Crippen LogP contribution in [0.4, 0.5) is 0 Å². The molecule has 1 aliphatic rings. The largest absolute Gasteiger partial charge is 0.694 e. The summed E-state index contributed by atoms with van der Waals surface area (Å²) in [5.41, 5.74) is 0.376. The number of ether oxygens (including phenoxy) is 1. The van der Waals surface area contributed by atoms with Crippen molar-refractivity contribution in [3.63, 3.8) is 0 Å². The number of rotatable bonds is 7. The Morgan fingerprint density at radius 3 is 2.85 bits per heavy atom. The lowest BCUT2D eigenvalue weighted by molar-refractivity contribution is -0.127. The van der Waals surface area contributed by atoms with Crippen molar-refractivity contribution in [2.45, 2.75) is 32.1 Å². The molecular weight excluding hydrogens is 287 g/mol. The highest BCUT2D eigenvalue weighted by Gasteiger charge is 2.31. The van der Waals surface area contributed by atoms with Crippen molar-refractivity contribution < 1.29 is 28.3 Å². The van der Waals surface area contributed by atoms with Crippen molar-refractivity contribution in [1.29, 1.82) is 0 Å². The van der Waals surface area contributed by atoms with Gasteiger partial charge in [0.15, 0.2) is 0 Å². The molecule has 2 amide bonds. The zero-order valence-electron chi connectivity index (χ0n) is 11.3. The molecule has 0 aromatic carbocycles. The fraction of sp³-hybridized carbons (Fsp3) is 0.636. The second-order valence-corrected chi connectivity index (χ2v) is 5.00. The lowest BCUT2D eigenvalue weighted by Gasteiger charge is -2.21. The first-order chi connectivity index (χ1) is 9.47. The zero-order valence-corrected chi connectivity index (χ0v) is 12.2. The Morgan fingerprint density at radius 2 is 2.30 bits per heavy atom. The fourth-order valence-electron chi connectivity index (χ4n) is 1.84. The van der Waals surface area contributed by atoms with E-state index in [4.69, 9.17) is 9.63 Å². The Morgan fingerprint density at radius 1 is 1.60 bits per heavy atom. The highest BCUT2D eigenvalue weighted by Crippen LogP contribution is 2.25. The van der Waals surface area contributed by atoms with E-state index in [-0.39, 0.29) is 18.6 Å². The van der Waals surface area contributed by atoms with E-state index in [0.717, 1.165) is 0 Å². The topological polar surface area (TPSA) is 105 Å². The summed E-state index contributed by atoms with van der Waals surface area (Å²) in [6.07, 6.45) is 2.30. The van der Waals surface area contributed by atoms with E-state index < -0.39 is 14.5 Å². The molecule has 1 rings (SSSR count). The molecule has 0 saturated carbocycles. The van der Waals surface area contributed by atoms with Gasteiger partial charge in [-0.15, -0.1) is 9.42 Å². The van der Waals surface area contributed by atoms with Crippen molar-refractivity contribution >= 4 is 20.6 Å². The van der Waals surface area contributed by atoms with Crippen LogP contribution in [0.1, 0.15) is 19.8 Å². The molecule has 0 aliphatic carbocycles. The van der Waals surface area contributed by atoms with Crippen molar-refractivity contribution in [2.75, 3.05) is 13.7 Å². The van der Waals surface area contributed by atoms with Crippen LogP contribution in [0, 0.1) is 0 Å². The minimum atomic E-state index is -2.65. The average molecular weight is 305 g/mol. The SMILES string of the molecule is CNC(=O)/C(C)=C\N(C=O)C1CCC(CO[P+](=O)O)O1. The van der Waals surface area contributed by atoms with E-state index in [2.05, 4.69) is 9.84 Å². The molecule has 0 aromatic heterocycles. The molecule has 0 bridgehead atoms. The lowest BCUT2D eigenvalue weighted by atomic mass is 10.2. The molecule has 2 N–H and O–H groups in total. The first kappa shape index (κ1) is 16.7. The molecule has 0 radical (unpaired) electrons. The van der Waals surface area contributed by atoms with Gasteiger partial charge in [0.1, 0.15) is 12.8 Å². The average Bonchev–Trinajstić information content (AvgIpc) is 2.89. The molecule has 3 unspecified atom stereocenters. The maximum absolute atomic E-state index is 11.4. The van der Waals surface area contributed by atoms with Gasteiger partial charge in [0.2, 0.25) is 12.3 Å². The smallest absolute Gasteiger partial charge is 0.355 e. The molecule has 3 atom stereocenters. The van der Waals surface area contributed by atoms with Crippen molar-refractivity contribution in [3.8, 4) is 0 Å². The molecule has 1 fully saturated rings.